The second-order valence-electron chi connectivity index (χ2n) is 2.77. The summed E-state index contributed by atoms with van der Waals surface area (Å²) in [6, 6.07) is 0. The van der Waals surface area contributed by atoms with Gasteiger partial charge < -0.3 is 5.32 Å². The second kappa shape index (κ2) is 2.93. The molecule has 1 aromatic rings. The van der Waals surface area contributed by atoms with Gasteiger partial charge in [-0.1, -0.05) is 0 Å². The van der Waals surface area contributed by atoms with Gasteiger partial charge in [-0.3, -0.25) is 9.59 Å². The molecule has 0 unspecified atom stereocenters. The van der Waals surface area contributed by atoms with Gasteiger partial charge in [0.25, 0.3) is 0 Å². The van der Waals surface area contributed by atoms with E-state index in [1.807, 2.05) is 0 Å². The summed E-state index contributed by atoms with van der Waals surface area (Å²) >= 11 is 0. The fraction of sp³-hybridized carbons (Fsp3) is 0.250. The molecule has 0 saturated carbocycles. The number of aromatic nitrogens is 2. The lowest BCUT2D eigenvalue weighted by Gasteiger charge is -2.14. The molecule has 2 rings (SSSR count). The summed E-state index contributed by atoms with van der Waals surface area (Å²) in [6.07, 6.45) is 3.23. The first-order valence-corrected chi connectivity index (χ1v) is 3.90. The van der Waals surface area contributed by atoms with Crippen LogP contribution in [0.15, 0.2) is 6.20 Å². The molecule has 1 aromatic heterocycles. The van der Waals surface area contributed by atoms with Gasteiger partial charge in [0.1, 0.15) is 5.82 Å². The number of nitrogens with one attached hydrogen (secondary N) is 1. The zero-order valence-electron chi connectivity index (χ0n) is 6.78. The van der Waals surface area contributed by atoms with Crippen molar-refractivity contribution in [2.75, 3.05) is 5.32 Å². The number of hydrogen-bond acceptors (Lipinski definition) is 4. The molecule has 0 atom stereocenters. The first-order chi connectivity index (χ1) is 6.29. The van der Waals surface area contributed by atoms with Crippen LogP contribution in [-0.4, -0.2) is 22.2 Å². The highest BCUT2D eigenvalue weighted by Crippen LogP contribution is 2.18. The maximum absolute atomic E-state index is 11.0. The van der Waals surface area contributed by atoms with E-state index in [0.29, 0.717) is 24.9 Å². The predicted molar refractivity (Wildman–Crippen MR) is 44.4 cm³/mol. The number of aryl methyl sites for hydroxylation is 1. The number of aldehydes is 1. The Morgan fingerprint density at radius 1 is 1.46 bits per heavy atom. The van der Waals surface area contributed by atoms with E-state index >= 15 is 0 Å². The second-order valence-corrected chi connectivity index (χ2v) is 2.77. The zero-order chi connectivity index (χ0) is 9.26. The topological polar surface area (TPSA) is 72.0 Å². The standard InChI is InChI=1S/C8H7N3O2/c12-4-6-9-3-5-1-2-7(13)11-8(5)10-6/h3-4H,1-2H2,(H,9,10,11,13). The van der Waals surface area contributed by atoms with E-state index in [2.05, 4.69) is 15.3 Å². The van der Waals surface area contributed by atoms with Crippen molar-refractivity contribution in [3.8, 4) is 0 Å². The Morgan fingerprint density at radius 2 is 2.31 bits per heavy atom. The van der Waals surface area contributed by atoms with Gasteiger partial charge in [0.05, 0.1) is 0 Å². The Kier molecular flexibility index (Phi) is 1.77. The molecule has 13 heavy (non-hydrogen) atoms. The van der Waals surface area contributed by atoms with Crippen molar-refractivity contribution in [3.63, 3.8) is 0 Å². The van der Waals surface area contributed by atoms with Crippen LogP contribution < -0.4 is 5.32 Å². The van der Waals surface area contributed by atoms with Gasteiger partial charge in [-0.05, 0) is 6.42 Å². The lowest BCUT2D eigenvalue weighted by Crippen LogP contribution is -2.21. The van der Waals surface area contributed by atoms with E-state index in [9.17, 15) is 9.59 Å². The minimum atomic E-state index is -0.0666. The smallest absolute Gasteiger partial charge is 0.225 e. The van der Waals surface area contributed by atoms with Crippen LogP contribution in [0, 0.1) is 0 Å². The summed E-state index contributed by atoms with van der Waals surface area (Å²) in [5.74, 6) is 0.498. The number of amides is 1. The lowest BCUT2D eigenvalue weighted by molar-refractivity contribution is -0.116. The molecule has 66 valence electrons. The lowest BCUT2D eigenvalue weighted by atomic mass is 10.1. The molecule has 0 fully saturated rings. The molecule has 5 heteroatoms. The first kappa shape index (κ1) is 7.85. The molecule has 0 bridgehead atoms. The number of rotatable bonds is 1. The van der Waals surface area contributed by atoms with Gasteiger partial charge in [-0.2, -0.15) is 0 Å². The average molecular weight is 177 g/mol. The zero-order valence-corrected chi connectivity index (χ0v) is 6.78. The van der Waals surface area contributed by atoms with Gasteiger partial charge in [0.2, 0.25) is 5.91 Å². The minimum Gasteiger partial charge on any atom is -0.310 e. The third-order valence-corrected chi connectivity index (χ3v) is 1.87. The molecule has 0 aromatic carbocycles. The normalized spacial score (nSPS) is 14.6. The minimum absolute atomic E-state index is 0.0666. The summed E-state index contributed by atoms with van der Waals surface area (Å²) in [6.45, 7) is 0. The number of carbonyl (C=O) groups excluding carboxylic acids is 2. The molecule has 5 nitrogen and oxygen atoms in total. The molecule has 1 aliphatic rings. The van der Waals surface area contributed by atoms with Crippen molar-refractivity contribution in [2.45, 2.75) is 12.8 Å². The molecule has 1 aliphatic heterocycles. The Morgan fingerprint density at radius 3 is 3.08 bits per heavy atom. The molecule has 0 radical (unpaired) electrons. The summed E-state index contributed by atoms with van der Waals surface area (Å²) < 4.78 is 0. The Balaban J connectivity index is 2.43. The fourth-order valence-electron chi connectivity index (χ4n) is 1.21. The van der Waals surface area contributed by atoms with E-state index in [4.69, 9.17) is 0 Å². The predicted octanol–water partition coefficient (Wildman–Crippen LogP) is 0.174. The van der Waals surface area contributed by atoms with E-state index in [-0.39, 0.29) is 11.7 Å². The third-order valence-electron chi connectivity index (χ3n) is 1.87. The van der Waals surface area contributed by atoms with Gasteiger partial charge >= 0.3 is 0 Å². The van der Waals surface area contributed by atoms with E-state index in [1.165, 1.54) is 0 Å². The van der Waals surface area contributed by atoms with E-state index in [0.717, 1.165) is 5.56 Å². The highest BCUT2D eigenvalue weighted by atomic mass is 16.1. The summed E-state index contributed by atoms with van der Waals surface area (Å²) in [7, 11) is 0. The quantitative estimate of drug-likeness (QED) is 0.621. The molecule has 0 spiro atoms. The Hall–Kier alpha value is -1.78. The monoisotopic (exact) mass is 177 g/mol. The van der Waals surface area contributed by atoms with Crippen molar-refractivity contribution in [1.82, 2.24) is 9.97 Å². The van der Waals surface area contributed by atoms with Crippen LogP contribution in [0.4, 0.5) is 5.82 Å². The highest BCUT2D eigenvalue weighted by molar-refractivity contribution is 5.92. The Bertz CT molecular complexity index is 376. The summed E-state index contributed by atoms with van der Waals surface area (Å²) in [4.78, 5) is 29.0. The first-order valence-electron chi connectivity index (χ1n) is 3.90. The maximum Gasteiger partial charge on any atom is 0.225 e. The van der Waals surface area contributed by atoms with Crippen molar-refractivity contribution >= 4 is 18.0 Å². The number of nitrogens with zero attached hydrogens (tertiary/aromatic N) is 2. The number of carbonyl (C=O) groups is 2. The van der Waals surface area contributed by atoms with Crippen LogP contribution in [0.5, 0.6) is 0 Å². The molecule has 0 aliphatic carbocycles. The van der Waals surface area contributed by atoms with Crippen molar-refractivity contribution in [3.05, 3.63) is 17.6 Å². The molecular formula is C8H7N3O2. The van der Waals surface area contributed by atoms with Crippen LogP contribution >= 0.6 is 0 Å². The third kappa shape index (κ3) is 1.40. The average Bonchev–Trinajstić information content (AvgIpc) is 2.16. The number of anilines is 1. The fourth-order valence-corrected chi connectivity index (χ4v) is 1.21. The largest absolute Gasteiger partial charge is 0.310 e. The van der Waals surface area contributed by atoms with Crippen molar-refractivity contribution < 1.29 is 9.59 Å². The number of fused-ring (bicyclic) bond motifs is 1. The molecule has 0 saturated heterocycles. The van der Waals surface area contributed by atoms with E-state index in [1.54, 1.807) is 6.20 Å². The SMILES string of the molecule is O=Cc1ncc2c(n1)NC(=O)CC2. The molecular weight excluding hydrogens is 170 g/mol. The molecule has 2 heterocycles. The van der Waals surface area contributed by atoms with Crippen molar-refractivity contribution in [1.29, 1.82) is 0 Å². The van der Waals surface area contributed by atoms with Crippen LogP contribution in [-0.2, 0) is 11.2 Å². The summed E-state index contributed by atoms with van der Waals surface area (Å²) in [5.41, 5.74) is 0.880. The van der Waals surface area contributed by atoms with Crippen LogP contribution in [0.3, 0.4) is 0 Å². The van der Waals surface area contributed by atoms with Gasteiger partial charge in [0.15, 0.2) is 12.1 Å². The molecule has 1 N–H and O–H groups in total. The molecule has 1 amide bonds. The van der Waals surface area contributed by atoms with Crippen LogP contribution in [0.1, 0.15) is 22.6 Å². The van der Waals surface area contributed by atoms with Crippen LogP contribution in [0.2, 0.25) is 0 Å². The van der Waals surface area contributed by atoms with Gasteiger partial charge in [-0.25, -0.2) is 9.97 Å². The number of hydrogen-bond donors (Lipinski definition) is 1. The van der Waals surface area contributed by atoms with Crippen LogP contribution in [0.25, 0.3) is 0 Å². The highest BCUT2D eigenvalue weighted by Gasteiger charge is 2.16. The van der Waals surface area contributed by atoms with Gasteiger partial charge in [0, 0.05) is 18.2 Å². The maximum atomic E-state index is 11.0. The van der Waals surface area contributed by atoms with Gasteiger partial charge in [-0.15, -0.1) is 0 Å². The van der Waals surface area contributed by atoms with E-state index < -0.39 is 0 Å². The Labute approximate surface area is 74.2 Å². The summed E-state index contributed by atoms with van der Waals surface area (Å²) in [5, 5.41) is 2.59. The van der Waals surface area contributed by atoms with Crippen molar-refractivity contribution in [2.24, 2.45) is 0 Å².